The Bertz CT molecular complexity index is 1010. The highest BCUT2D eigenvalue weighted by Gasteiger charge is 2.19. The van der Waals surface area contributed by atoms with Gasteiger partial charge >= 0.3 is 12.0 Å². The third-order valence-electron chi connectivity index (χ3n) is 3.15. The number of thiophene rings is 1. The summed E-state index contributed by atoms with van der Waals surface area (Å²) in [7, 11) is 0. The van der Waals surface area contributed by atoms with Gasteiger partial charge in [0.25, 0.3) is 5.56 Å². The Hall–Kier alpha value is -3.25. The van der Waals surface area contributed by atoms with Crippen LogP contribution < -0.4 is 16.2 Å². The van der Waals surface area contributed by atoms with E-state index in [1.165, 1.54) is 22.7 Å². The molecule has 0 saturated heterocycles. The Balaban J connectivity index is 1.81. The number of nitrogens with one attached hydrogen (secondary N) is 3. The number of aromatic amines is 1. The van der Waals surface area contributed by atoms with Crippen molar-refractivity contribution in [3.8, 4) is 17.1 Å². The second-order valence-electron chi connectivity index (χ2n) is 4.85. The summed E-state index contributed by atoms with van der Waals surface area (Å²) < 4.78 is 0. The number of rotatable bonds is 5. The van der Waals surface area contributed by atoms with Crippen molar-refractivity contribution in [3.63, 3.8) is 0 Å². The number of aromatic carboxylic acids is 1. The lowest BCUT2D eigenvalue weighted by atomic mass is 10.2. The molecule has 0 radical (unpaired) electrons. The van der Waals surface area contributed by atoms with Crippen molar-refractivity contribution in [1.82, 2.24) is 20.3 Å². The van der Waals surface area contributed by atoms with E-state index in [-0.39, 0.29) is 12.4 Å². The smallest absolute Gasteiger partial charge is 0.358 e. The molecule has 10 nitrogen and oxygen atoms in total. The number of carboxylic acids is 1. The third kappa shape index (κ3) is 3.70. The average molecular weight is 393 g/mol. The zero-order chi connectivity index (χ0) is 18.7. The second-order valence-corrected chi connectivity index (χ2v) is 6.57. The molecule has 0 aromatic carbocycles. The molecule has 0 aliphatic rings. The van der Waals surface area contributed by atoms with Crippen molar-refractivity contribution < 1.29 is 19.8 Å². The first-order chi connectivity index (χ1) is 12.5. The largest absolute Gasteiger partial charge is 0.501 e. The highest BCUT2D eigenvalue weighted by atomic mass is 32.1. The molecule has 0 fully saturated rings. The number of aromatic hydroxyl groups is 1. The lowest BCUT2D eigenvalue weighted by molar-refractivity contribution is 0.0686. The predicted octanol–water partition coefficient (Wildman–Crippen LogP) is 1.68. The first kappa shape index (κ1) is 17.6. The number of nitrogens with zero attached hydrogens (tertiary/aromatic N) is 2. The summed E-state index contributed by atoms with van der Waals surface area (Å²) in [6, 6.07) is -0.501. The Morgan fingerprint density at radius 3 is 2.81 bits per heavy atom. The predicted molar refractivity (Wildman–Crippen MR) is 94.8 cm³/mol. The van der Waals surface area contributed by atoms with Crippen LogP contribution in [0, 0.1) is 0 Å². The van der Waals surface area contributed by atoms with Gasteiger partial charge in [0.1, 0.15) is 10.8 Å². The quantitative estimate of drug-likeness (QED) is 0.441. The molecule has 0 unspecified atom stereocenters. The number of carbonyl (C=O) groups excluding carboxylic acids is 1. The summed E-state index contributed by atoms with van der Waals surface area (Å²) in [5.74, 6) is -2.60. The van der Waals surface area contributed by atoms with E-state index in [2.05, 4.69) is 25.6 Å². The highest BCUT2D eigenvalue weighted by Crippen LogP contribution is 2.29. The standard InChI is InChI=1S/C14H11N5O5S2/c20-10-9(13(22)23)18-11(19-12(10)21)6-4-25-5-7(6)17-14(24)16-3-8-15-1-2-26-8/h1-2,4-5,20H,3H2,(H,22,23)(H2,16,17,24)(H,18,19,21). The van der Waals surface area contributed by atoms with Crippen molar-refractivity contribution in [2.75, 3.05) is 5.32 Å². The molecule has 0 aliphatic heterocycles. The number of aromatic nitrogens is 3. The molecule has 3 heterocycles. The van der Waals surface area contributed by atoms with Gasteiger partial charge in [0.05, 0.1) is 17.8 Å². The molecule has 5 N–H and O–H groups in total. The summed E-state index contributed by atoms with van der Waals surface area (Å²) in [5.41, 5.74) is -1.11. The molecule has 26 heavy (non-hydrogen) atoms. The Labute approximate surface area is 153 Å². The minimum atomic E-state index is -1.54. The topological polar surface area (TPSA) is 157 Å². The summed E-state index contributed by atoms with van der Waals surface area (Å²) in [4.78, 5) is 44.9. The van der Waals surface area contributed by atoms with Gasteiger partial charge in [0.15, 0.2) is 5.69 Å². The number of carbonyl (C=O) groups is 2. The molecule has 12 heteroatoms. The lowest BCUT2D eigenvalue weighted by Gasteiger charge is -2.08. The highest BCUT2D eigenvalue weighted by molar-refractivity contribution is 7.09. The number of hydrogen-bond acceptors (Lipinski definition) is 8. The monoisotopic (exact) mass is 393 g/mol. The minimum Gasteiger partial charge on any atom is -0.501 e. The van der Waals surface area contributed by atoms with Gasteiger partial charge in [-0.3, -0.25) is 4.79 Å². The summed E-state index contributed by atoms with van der Waals surface area (Å²) in [5, 5.41) is 29.5. The summed E-state index contributed by atoms with van der Waals surface area (Å²) in [6.45, 7) is 0.250. The maximum absolute atomic E-state index is 12.0. The second kappa shape index (κ2) is 7.33. The number of amides is 2. The normalized spacial score (nSPS) is 10.5. The van der Waals surface area contributed by atoms with E-state index >= 15 is 0 Å². The van der Waals surface area contributed by atoms with Crippen molar-refractivity contribution in [2.24, 2.45) is 0 Å². The van der Waals surface area contributed by atoms with Crippen molar-refractivity contribution >= 4 is 40.4 Å². The number of thiazole rings is 1. The van der Waals surface area contributed by atoms with Gasteiger partial charge in [-0.2, -0.15) is 0 Å². The van der Waals surface area contributed by atoms with Gasteiger partial charge in [-0.1, -0.05) is 0 Å². The van der Waals surface area contributed by atoms with Crippen LogP contribution in [-0.4, -0.2) is 37.2 Å². The van der Waals surface area contributed by atoms with E-state index < -0.39 is 29.0 Å². The van der Waals surface area contributed by atoms with Gasteiger partial charge in [-0.15, -0.1) is 22.7 Å². The molecule has 3 aromatic heterocycles. The SMILES string of the molecule is O=C(NCc1nccs1)Nc1cscc1-c1nc(C(=O)O)c(O)c(=O)[nH]1. The molecule has 2 amide bonds. The average Bonchev–Trinajstić information content (AvgIpc) is 3.26. The molecule has 3 aromatic rings. The summed E-state index contributed by atoms with van der Waals surface area (Å²) in [6.07, 6.45) is 1.63. The molecule has 3 rings (SSSR count). The van der Waals surface area contributed by atoms with Crippen LogP contribution in [0.2, 0.25) is 0 Å². The van der Waals surface area contributed by atoms with Crippen molar-refractivity contribution in [1.29, 1.82) is 0 Å². The van der Waals surface area contributed by atoms with Crippen LogP contribution in [0.4, 0.5) is 10.5 Å². The van der Waals surface area contributed by atoms with Gasteiger partial charge in [0.2, 0.25) is 5.75 Å². The van der Waals surface area contributed by atoms with E-state index in [0.29, 0.717) is 11.3 Å². The number of carboxylic acid groups (broad SMARTS) is 1. The van der Waals surface area contributed by atoms with Crippen LogP contribution in [-0.2, 0) is 6.54 Å². The molecular formula is C14H11N5O5S2. The van der Waals surface area contributed by atoms with E-state index in [0.717, 1.165) is 5.01 Å². The Morgan fingerprint density at radius 2 is 2.12 bits per heavy atom. The number of H-pyrrole nitrogens is 1. The molecule has 0 bridgehead atoms. The lowest BCUT2D eigenvalue weighted by Crippen LogP contribution is -2.28. The first-order valence-corrected chi connectivity index (χ1v) is 8.84. The Kier molecular flexibility index (Phi) is 4.95. The van der Waals surface area contributed by atoms with Crippen molar-refractivity contribution in [2.45, 2.75) is 6.54 Å². The van der Waals surface area contributed by atoms with Crippen molar-refractivity contribution in [3.05, 3.63) is 43.4 Å². The molecule has 0 saturated carbocycles. The van der Waals surface area contributed by atoms with Gasteiger partial charge < -0.3 is 25.8 Å². The number of urea groups is 1. The fraction of sp³-hybridized carbons (Fsp3) is 0.0714. The van der Waals surface area contributed by atoms with E-state index in [1.54, 1.807) is 22.3 Å². The van der Waals surface area contributed by atoms with Crippen LogP contribution >= 0.6 is 22.7 Å². The van der Waals surface area contributed by atoms with E-state index in [4.69, 9.17) is 5.11 Å². The van der Waals surface area contributed by atoms with Crippen LogP contribution in [0.25, 0.3) is 11.4 Å². The third-order valence-corrected chi connectivity index (χ3v) is 4.67. The van der Waals surface area contributed by atoms with Gasteiger partial charge in [0, 0.05) is 22.3 Å². The molecule has 0 aliphatic carbocycles. The molecule has 0 atom stereocenters. The fourth-order valence-electron chi connectivity index (χ4n) is 1.98. The van der Waals surface area contributed by atoms with Crippen LogP contribution in [0.15, 0.2) is 27.1 Å². The number of anilines is 1. The van der Waals surface area contributed by atoms with Gasteiger partial charge in [-0.25, -0.2) is 19.6 Å². The van der Waals surface area contributed by atoms with Gasteiger partial charge in [-0.05, 0) is 0 Å². The minimum absolute atomic E-state index is 0.0818. The Morgan fingerprint density at radius 1 is 1.31 bits per heavy atom. The molecule has 134 valence electrons. The fourth-order valence-corrected chi connectivity index (χ4v) is 3.30. The van der Waals surface area contributed by atoms with E-state index in [1.807, 2.05) is 0 Å². The first-order valence-electron chi connectivity index (χ1n) is 7.02. The zero-order valence-corrected chi connectivity index (χ0v) is 14.5. The van der Waals surface area contributed by atoms with Crippen LogP contribution in [0.5, 0.6) is 5.75 Å². The maximum atomic E-state index is 12.0. The van der Waals surface area contributed by atoms with Crippen LogP contribution in [0.3, 0.4) is 0 Å². The summed E-state index contributed by atoms with van der Waals surface area (Å²) >= 11 is 2.62. The maximum Gasteiger partial charge on any atom is 0.358 e. The molecule has 0 spiro atoms. The van der Waals surface area contributed by atoms with E-state index in [9.17, 15) is 19.5 Å². The molecular weight excluding hydrogens is 382 g/mol. The number of hydrogen-bond donors (Lipinski definition) is 5. The zero-order valence-electron chi connectivity index (χ0n) is 12.8. The van der Waals surface area contributed by atoms with Crippen LogP contribution in [0.1, 0.15) is 15.5 Å².